The molecule has 1 aliphatic heterocycles. The maximum Gasteiger partial charge on any atom is 0.261 e. The fraction of sp³-hybridized carbons (Fsp3) is 0.407. The summed E-state index contributed by atoms with van der Waals surface area (Å²) < 4.78 is 63.7. The quantitative estimate of drug-likeness (QED) is 0.376. The van der Waals surface area contributed by atoms with Crippen molar-refractivity contribution in [3.8, 4) is 5.75 Å². The number of carbonyl (C=O) groups excluding carboxylic acids is 1. The van der Waals surface area contributed by atoms with E-state index in [-0.39, 0.29) is 52.5 Å². The summed E-state index contributed by atoms with van der Waals surface area (Å²) in [5, 5.41) is 9.79. The molecule has 1 amide bonds. The molecule has 0 radical (unpaired) electrons. The molecule has 3 atom stereocenters. The molecule has 0 bridgehead atoms. The number of likely N-dealkylation sites (N-methyl/N-ethyl adjacent to an activating group) is 1. The normalized spacial score (nSPS) is 18.8. The third-order valence-electron chi connectivity index (χ3n) is 7.04. The van der Waals surface area contributed by atoms with Gasteiger partial charge in [-0.25, -0.2) is 21.8 Å². The van der Waals surface area contributed by atoms with Gasteiger partial charge in [0.1, 0.15) is 11.9 Å². The van der Waals surface area contributed by atoms with Crippen molar-refractivity contribution in [1.29, 1.82) is 0 Å². The predicted molar refractivity (Wildman–Crippen MR) is 153 cm³/mol. The van der Waals surface area contributed by atoms with Gasteiger partial charge in [-0.15, -0.1) is 0 Å². The van der Waals surface area contributed by atoms with Crippen LogP contribution in [0, 0.1) is 12.8 Å². The van der Waals surface area contributed by atoms with Crippen molar-refractivity contribution in [2.45, 2.75) is 42.8 Å². The zero-order valence-corrected chi connectivity index (χ0v) is 25.2. The minimum absolute atomic E-state index is 0.0448. The number of rotatable bonds is 9. The lowest BCUT2D eigenvalue weighted by molar-refractivity contribution is 0.0387. The van der Waals surface area contributed by atoms with Crippen LogP contribution < -0.4 is 9.46 Å². The first-order chi connectivity index (χ1) is 19.2. The Morgan fingerprint density at radius 1 is 1.17 bits per heavy atom. The lowest BCUT2D eigenvalue weighted by Crippen LogP contribution is -2.50. The number of hydrogen-bond donors (Lipinski definition) is 2. The third-order valence-corrected chi connectivity index (χ3v) is 10.1. The van der Waals surface area contributed by atoms with Gasteiger partial charge < -0.3 is 19.3 Å². The minimum atomic E-state index is -3.94. The number of benzene rings is 2. The van der Waals surface area contributed by atoms with Gasteiger partial charge in [0, 0.05) is 38.4 Å². The molecule has 1 aromatic heterocycles. The maximum atomic E-state index is 13.7. The van der Waals surface area contributed by atoms with Crippen LogP contribution in [0.1, 0.15) is 29.8 Å². The van der Waals surface area contributed by atoms with Crippen molar-refractivity contribution in [3.63, 3.8) is 0 Å². The fourth-order valence-electron chi connectivity index (χ4n) is 4.47. The van der Waals surface area contributed by atoms with Crippen molar-refractivity contribution < 1.29 is 31.5 Å². The molecule has 0 fully saturated rings. The molecule has 2 heterocycles. The van der Waals surface area contributed by atoms with Crippen molar-refractivity contribution >= 4 is 31.6 Å². The van der Waals surface area contributed by atoms with E-state index in [1.54, 1.807) is 26.1 Å². The average Bonchev–Trinajstić information content (AvgIpc) is 3.37. The number of ether oxygens (including phenoxy) is 1. The fourth-order valence-corrected chi connectivity index (χ4v) is 6.66. The summed E-state index contributed by atoms with van der Waals surface area (Å²) in [7, 11) is -4.75. The molecule has 3 aromatic rings. The van der Waals surface area contributed by atoms with Gasteiger partial charge in [-0.2, -0.15) is 4.31 Å². The smallest absolute Gasteiger partial charge is 0.261 e. The number of carbonyl (C=O) groups is 1. The van der Waals surface area contributed by atoms with E-state index in [1.165, 1.54) is 59.4 Å². The Kier molecular flexibility index (Phi) is 8.78. The highest BCUT2D eigenvalue weighted by molar-refractivity contribution is 7.92. The molecule has 14 heteroatoms. The number of nitrogens with one attached hydrogen (secondary N) is 1. The standard InChI is InChI=1S/C27H35N5O7S2/c1-18-6-9-22(10-7-18)40(35,36)29-21-8-11-24-23(12-21)27(34)32(20(3)16-33)13-19(2)25(39-24)14-31(5)41(37,38)26-15-30(4)17-28-26/h6-12,15,17,19-20,25,29,33H,13-14,16H2,1-5H3/t19-,20+,25+/m1/s1. The summed E-state index contributed by atoms with van der Waals surface area (Å²) in [5.74, 6) is -0.608. The molecular formula is C27H35N5O7S2. The van der Waals surface area contributed by atoms with Gasteiger partial charge in [0.05, 0.1) is 36.0 Å². The number of sulfonamides is 2. The lowest BCUT2D eigenvalue weighted by Gasteiger charge is -2.38. The topological polar surface area (TPSA) is 151 Å². The molecule has 0 unspecified atom stereocenters. The largest absolute Gasteiger partial charge is 0.488 e. The van der Waals surface area contributed by atoms with Crippen molar-refractivity contribution in [2.75, 3.05) is 31.5 Å². The summed E-state index contributed by atoms with van der Waals surface area (Å²) >= 11 is 0. The number of aliphatic hydroxyl groups is 1. The van der Waals surface area contributed by atoms with E-state index in [9.17, 15) is 26.7 Å². The van der Waals surface area contributed by atoms with Gasteiger partial charge in [-0.05, 0) is 44.2 Å². The van der Waals surface area contributed by atoms with Crippen LogP contribution >= 0.6 is 0 Å². The number of anilines is 1. The van der Waals surface area contributed by atoms with Crippen LogP contribution in [0.25, 0.3) is 0 Å². The highest BCUT2D eigenvalue weighted by atomic mass is 32.2. The molecule has 222 valence electrons. The van der Waals surface area contributed by atoms with Gasteiger partial charge in [-0.1, -0.05) is 24.6 Å². The van der Waals surface area contributed by atoms with E-state index in [1.807, 2.05) is 13.8 Å². The number of imidazole rings is 1. The van der Waals surface area contributed by atoms with Crippen molar-refractivity contribution in [1.82, 2.24) is 18.8 Å². The number of amides is 1. The van der Waals surface area contributed by atoms with Gasteiger partial charge in [0.15, 0.2) is 5.03 Å². The van der Waals surface area contributed by atoms with E-state index in [0.29, 0.717) is 0 Å². The highest BCUT2D eigenvalue weighted by Gasteiger charge is 2.36. The Morgan fingerprint density at radius 2 is 1.85 bits per heavy atom. The molecule has 0 saturated carbocycles. The van der Waals surface area contributed by atoms with E-state index in [4.69, 9.17) is 4.74 Å². The molecule has 0 aliphatic carbocycles. The SMILES string of the molecule is Cc1ccc(S(=O)(=O)Nc2ccc3c(c2)C(=O)N([C@@H](C)CO)C[C@@H](C)[C@H](CN(C)S(=O)(=O)c2cn(C)cn2)O3)cc1. The average molecular weight is 606 g/mol. The first kappa shape index (κ1) is 30.5. The molecule has 0 saturated heterocycles. The van der Waals surface area contributed by atoms with Gasteiger partial charge >= 0.3 is 0 Å². The molecule has 2 N–H and O–H groups in total. The summed E-state index contributed by atoms with van der Waals surface area (Å²) in [6.45, 7) is 5.21. The summed E-state index contributed by atoms with van der Waals surface area (Å²) in [5.41, 5.74) is 1.15. The minimum Gasteiger partial charge on any atom is -0.488 e. The van der Waals surface area contributed by atoms with Crippen molar-refractivity contribution in [2.24, 2.45) is 13.0 Å². The van der Waals surface area contributed by atoms with Crippen LogP contribution in [-0.2, 0) is 27.1 Å². The molecule has 12 nitrogen and oxygen atoms in total. The summed E-state index contributed by atoms with van der Waals surface area (Å²) in [6.07, 6.45) is 2.12. The number of aryl methyl sites for hydroxylation is 2. The Morgan fingerprint density at radius 3 is 2.46 bits per heavy atom. The Hall–Kier alpha value is -3.46. The molecule has 2 aromatic carbocycles. The van der Waals surface area contributed by atoms with Gasteiger partial charge in [0.25, 0.3) is 26.0 Å². The number of aliphatic hydroxyl groups excluding tert-OH is 1. The molecule has 41 heavy (non-hydrogen) atoms. The second-order valence-electron chi connectivity index (χ2n) is 10.4. The molecular weight excluding hydrogens is 570 g/mol. The zero-order valence-electron chi connectivity index (χ0n) is 23.6. The van der Waals surface area contributed by atoms with E-state index in [2.05, 4.69) is 9.71 Å². The molecule has 0 spiro atoms. The number of aromatic nitrogens is 2. The van der Waals surface area contributed by atoms with E-state index >= 15 is 0 Å². The lowest BCUT2D eigenvalue weighted by atomic mass is 9.99. The Bertz CT molecular complexity index is 1620. The number of fused-ring (bicyclic) bond motifs is 1. The Balaban J connectivity index is 1.68. The predicted octanol–water partition coefficient (Wildman–Crippen LogP) is 2.07. The third kappa shape index (κ3) is 6.56. The summed E-state index contributed by atoms with van der Waals surface area (Å²) in [4.78, 5) is 19.2. The summed E-state index contributed by atoms with van der Waals surface area (Å²) in [6, 6.07) is 10.2. The second kappa shape index (κ2) is 11.8. The van der Waals surface area contributed by atoms with Crippen LogP contribution in [0.3, 0.4) is 0 Å². The maximum absolute atomic E-state index is 13.7. The van der Waals surface area contributed by atoms with Crippen LogP contribution in [0.15, 0.2) is 64.9 Å². The highest BCUT2D eigenvalue weighted by Crippen LogP contribution is 2.32. The first-order valence-electron chi connectivity index (χ1n) is 13.0. The number of nitrogens with zero attached hydrogens (tertiary/aromatic N) is 4. The van der Waals surface area contributed by atoms with Crippen LogP contribution in [-0.4, -0.2) is 85.5 Å². The van der Waals surface area contributed by atoms with Crippen LogP contribution in [0.4, 0.5) is 5.69 Å². The number of hydrogen-bond acceptors (Lipinski definition) is 8. The Labute approximate surface area is 240 Å². The molecule has 1 aliphatic rings. The van der Waals surface area contributed by atoms with Crippen LogP contribution in [0.5, 0.6) is 5.75 Å². The van der Waals surface area contributed by atoms with Gasteiger partial charge in [-0.3, -0.25) is 9.52 Å². The van der Waals surface area contributed by atoms with E-state index in [0.717, 1.165) is 9.87 Å². The van der Waals surface area contributed by atoms with Gasteiger partial charge in [0.2, 0.25) is 0 Å². The monoisotopic (exact) mass is 605 g/mol. The zero-order chi connectivity index (χ0) is 30.1. The van der Waals surface area contributed by atoms with Crippen LogP contribution in [0.2, 0.25) is 0 Å². The first-order valence-corrected chi connectivity index (χ1v) is 15.9. The second-order valence-corrected chi connectivity index (χ2v) is 14.1. The van der Waals surface area contributed by atoms with E-state index < -0.39 is 38.1 Å². The van der Waals surface area contributed by atoms with Crippen molar-refractivity contribution in [3.05, 3.63) is 66.1 Å². The molecule has 4 rings (SSSR count).